The van der Waals surface area contributed by atoms with Crippen LogP contribution >= 0.6 is 0 Å². The maximum atomic E-state index is 12.2. The van der Waals surface area contributed by atoms with E-state index >= 15 is 0 Å². The van der Waals surface area contributed by atoms with Crippen LogP contribution in [-0.4, -0.2) is 30.8 Å². The van der Waals surface area contributed by atoms with E-state index in [1.807, 2.05) is 37.4 Å². The number of quaternary nitrogens is 1. The van der Waals surface area contributed by atoms with Gasteiger partial charge in [-0.2, -0.15) is 0 Å². The van der Waals surface area contributed by atoms with Crippen molar-refractivity contribution in [1.82, 2.24) is 4.98 Å². The van der Waals surface area contributed by atoms with Gasteiger partial charge < -0.3 is 19.4 Å². The quantitative estimate of drug-likeness (QED) is 0.633. The van der Waals surface area contributed by atoms with Gasteiger partial charge in [-0.15, -0.1) is 13.2 Å². The standard InChI is InChI=1S/C20H18F3N3O3/c1-26(13-19-24-11-17(28-19)14-5-3-2-4-6-14)12-18(27)25-15-7-9-16(10-8-15)29-20(21,22)23/h2-11H,12-13H2,1H3,(H,25,27)/p+1. The van der Waals surface area contributed by atoms with E-state index < -0.39 is 6.36 Å². The van der Waals surface area contributed by atoms with E-state index in [4.69, 9.17) is 4.42 Å². The molecule has 0 aliphatic rings. The second-order valence-electron chi connectivity index (χ2n) is 6.42. The summed E-state index contributed by atoms with van der Waals surface area (Å²) in [6.45, 7) is 0.530. The number of halogens is 3. The molecule has 1 unspecified atom stereocenters. The first-order valence-corrected chi connectivity index (χ1v) is 8.75. The summed E-state index contributed by atoms with van der Waals surface area (Å²) in [5.41, 5.74) is 1.29. The van der Waals surface area contributed by atoms with Crippen molar-refractivity contribution >= 4 is 11.6 Å². The number of hydrogen-bond acceptors (Lipinski definition) is 4. The molecule has 1 amide bonds. The molecule has 0 aliphatic heterocycles. The van der Waals surface area contributed by atoms with Crippen LogP contribution in [-0.2, 0) is 11.3 Å². The SMILES string of the molecule is C[NH+](CC(=O)Nc1ccc(OC(F)(F)F)cc1)Cc1ncc(-c2ccccc2)o1. The minimum atomic E-state index is -4.75. The summed E-state index contributed by atoms with van der Waals surface area (Å²) in [6.07, 6.45) is -3.11. The highest BCUT2D eigenvalue weighted by atomic mass is 19.4. The molecule has 3 aromatic rings. The molecule has 0 saturated heterocycles. The van der Waals surface area contributed by atoms with Crippen LogP contribution in [0, 0.1) is 0 Å². The van der Waals surface area contributed by atoms with Crippen LogP contribution in [0.2, 0.25) is 0 Å². The van der Waals surface area contributed by atoms with E-state index in [0.717, 1.165) is 22.6 Å². The van der Waals surface area contributed by atoms with Gasteiger partial charge in [-0.05, 0) is 24.3 Å². The summed E-state index contributed by atoms with van der Waals surface area (Å²) >= 11 is 0. The number of nitrogens with zero attached hydrogens (tertiary/aromatic N) is 1. The number of aromatic nitrogens is 1. The van der Waals surface area contributed by atoms with Crippen LogP contribution in [0.25, 0.3) is 11.3 Å². The molecule has 152 valence electrons. The van der Waals surface area contributed by atoms with Crippen LogP contribution < -0.4 is 15.0 Å². The van der Waals surface area contributed by atoms with E-state index in [0.29, 0.717) is 23.9 Å². The van der Waals surface area contributed by atoms with Gasteiger partial charge in [0.2, 0.25) is 0 Å². The zero-order chi connectivity index (χ0) is 20.9. The fourth-order valence-corrected chi connectivity index (χ4v) is 2.67. The van der Waals surface area contributed by atoms with Crippen LogP contribution in [0.5, 0.6) is 5.75 Å². The van der Waals surface area contributed by atoms with Gasteiger partial charge in [0, 0.05) is 11.3 Å². The van der Waals surface area contributed by atoms with Gasteiger partial charge in [0.1, 0.15) is 5.75 Å². The molecule has 3 rings (SSSR count). The number of nitrogens with one attached hydrogen (secondary N) is 2. The van der Waals surface area contributed by atoms with Crippen molar-refractivity contribution in [3.05, 3.63) is 66.7 Å². The zero-order valence-electron chi connectivity index (χ0n) is 15.5. The molecule has 0 radical (unpaired) electrons. The number of likely N-dealkylation sites (N-methyl/N-ethyl adjacent to an activating group) is 1. The predicted octanol–water partition coefficient (Wildman–Crippen LogP) is 2.89. The number of oxazole rings is 1. The predicted molar refractivity (Wildman–Crippen MR) is 99.2 cm³/mol. The molecule has 0 fully saturated rings. The fraction of sp³-hybridized carbons (Fsp3) is 0.200. The van der Waals surface area contributed by atoms with Crippen molar-refractivity contribution in [3.63, 3.8) is 0 Å². The normalized spacial score (nSPS) is 12.4. The Kier molecular flexibility index (Phi) is 6.18. The highest BCUT2D eigenvalue weighted by molar-refractivity contribution is 5.91. The van der Waals surface area contributed by atoms with Crippen molar-refractivity contribution in [2.75, 3.05) is 18.9 Å². The molecule has 0 bridgehead atoms. The van der Waals surface area contributed by atoms with E-state index in [9.17, 15) is 18.0 Å². The Morgan fingerprint density at radius 1 is 1.14 bits per heavy atom. The van der Waals surface area contributed by atoms with Crippen molar-refractivity contribution < 1.29 is 32.0 Å². The summed E-state index contributed by atoms with van der Waals surface area (Å²) in [4.78, 5) is 17.2. The maximum absolute atomic E-state index is 12.2. The van der Waals surface area contributed by atoms with Crippen LogP contribution in [0.3, 0.4) is 0 Å². The average Bonchev–Trinajstić information content (AvgIpc) is 3.11. The molecule has 1 heterocycles. The summed E-state index contributed by atoms with van der Waals surface area (Å²) in [5.74, 6) is 0.514. The number of anilines is 1. The first-order chi connectivity index (χ1) is 13.8. The first-order valence-electron chi connectivity index (χ1n) is 8.75. The Morgan fingerprint density at radius 2 is 1.83 bits per heavy atom. The Bertz CT molecular complexity index is 941. The highest BCUT2D eigenvalue weighted by Crippen LogP contribution is 2.24. The molecule has 6 nitrogen and oxygen atoms in total. The lowest BCUT2D eigenvalue weighted by Gasteiger charge is -2.12. The number of alkyl halides is 3. The van der Waals surface area contributed by atoms with Gasteiger partial charge in [0.05, 0.1) is 13.2 Å². The third-order valence-electron chi connectivity index (χ3n) is 3.90. The Morgan fingerprint density at radius 3 is 2.48 bits per heavy atom. The van der Waals surface area contributed by atoms with E-state index in [1.54, 1.807) is 6.20 Å². The molecule has 0 aliphatic carbocycles. The summed E-state index contributed by atoms with van der Waals surface area (Å²) < 4.78 is 46.0. The molecule has 2 aromatic carbocycles. The summed E-state index contributed by atoms with van der Waals surface area (Å²) in [6, 6.07) is 14.5. The Hall–Kier alpha value is -3.33. The van der Waals surface area contributed by atoms with Crippen LogP contribution in [0.4, 0.5) is 18.9 Å². The third-order valence-corrected chi connectivity index (χ3v) is 3.90. The van der Waals surface area contributed by atoms with Gasteiger partial charge in [0.15, 0.2) is 18.8 Å². The molecule has 1 aromatic heterocycles. The molecule has 1 atom stereocenters. The molecular formula is C20H19F3N3O3+. The number of benzene rings is 2. The van der Waals surface area contributed by atoms with E-state index in [-0.39, 0.29) is 18.2 Å². The monoisotopic (exact) mass is 406 g/mol. The van der Waals surface area contributed by atoms with Crippen molar-refractivity contribution in [1.29, 1.82) is 0 Å². The molecule has 9 heteroatoms. The van der Waals surface area contributed by atoms with Gasteiger partial charge in [-0.3, -0.25) is 4.79 Å². The number of rotatable bonds is 7. The number of amides is 1. The zero-order valence-corrected chi connectivity index (χ0v) is 15.5. The fourth-order valence-electron chi connectivity index (χ4n) is 2.67. The molecule has 0 spiro atoms. The largest absolute Gasteiger partial charge is 0.573 e. The van der Waals surface area contributed by atoms with Crippen LogP contribution in [0.1, 0.15) is 5.89 Å². The molecular weight excluding hydrogens is 387 g/mol. The van der Waals surface area contributed by atoms with Crippen molar-refractivity contribution in [2.45, 2.75) is 12.9 Å². The molecule has 0 saturated carbocycles. The lowest BCUT2D eigenvalue weighted by molar-refractivity contribution is -0.886. The lowest BCUT2D eigenvalue weighted by atomic mass is 10.2. The molecule has 29 heavy (non-hydrogen) atoms. The summed E-state index contributed by atoms with van der Waals surface area (Å²) in [5, 5.41) is 2.63. The van der Waals surface area contributed by atoms with Gasteiger partial charge >= 0.3 is 6.36 Å². The second kappa shape index (κ2) is 8.78. The first kappa shape index (κ1) is 20.4. The van der Waals surface area contributed by atoms with Gasteiger partial charge in [-0.1, -0.05) is 30.3 Å². The minimum Gasteiger partial charge on any atom is -0.435 e. The van der Waals surface area contributed by atoms with E-state index in [1.165, 1.54) is 12.1 Å². The topological polar surface area (TPSA) is 68.8 Å². The highest BCUT2D eigenvalue weighted by Gasteiger charge is 2.31. The third kappa shape index (κ3) is 6.35. The van der Waals surface area contributed by atoms with Crippen molar-refractivity contribution in [3.8, 4) is 17.1 Å². The minimum absolute atomic E-state index is 0.129. The Labute approximate surface area is 164 Å². The summed E-state index contributed by atoms with van der Waals surface area (Å²) in [7, 11) is 1.81. The number of carbonyl (C=O) groups is 1. The van der Waals surface area contributed by atoms with Gasteiger partial charge in [0.25, 0.3) is 11.8 Å². The molecule has 2 N–H and O–H groups in total. The Balaban J connectivity index is 1.50. The number of ether oxygens (including phenoxy) is 1. The number of carbonyl (C=O) groups excluding carboxylic acids is 1. The number of hydrogen-bond donors (Lipinski definition) is 2. The van der Waals surface area contributed by atoms with Crippen LogP contribution in [0.15, 0.2) is 65.2 Å². The maximum Gasteiger partial charge on any atom is 0.573 e. The lowest BCUT2D eigenvalue weighted by Crippen LogP contribution is -3.08. The van der Waals surface area contributed by atoms with E-state index in [2.05, 4.69) is 15.0 Å². The smallest absolute Gasteiger partial charge is 0.435 e. The van der Waals surface area contributed by atoms with Gasteiger partial charge in [-0.25, -0.2) is 4.98 Å². The van der Waals surface area contributed by atoms with Crippen molar-refractivity contribution in [2.24, 2.45) is 0 Å². The second-order valence-corrected chi connectivity index (χ2v) is 6.42. The average molecular weight is 406 g/mol.